The molecule has 1 atom stereocenters. The third-order valence-corrected chi connectivity index (χ3v) is 9.04. The van der Waals surface area contributed by atoms with Crippen LogP contribution in [-0.2, 0) is 9.59 Å². The van der Waals surface area contributed by atoms with Crippen molar-refractivity contribution in [2.24, 2.45) is 5.92 Å². The fourth-order valence-corrected chi connectivity index (χ4v) is 5.52. The topological polar surface area (TPSA) is 73.1 Å². The average molecular weight is 526 g/mol. The largest absolute Gasteiger partial charge is 0.441 e. The molecule has 1 aromatic carbocycles. The molecule has 0 saturated carbocycles. The number of rotatable bonds is 6. The minimum atomic E-state index is -0.531. The lowest BCUT2D eigenvalue weighted by Gasteiger charge is -2.43. The van der Waals surface area contributed by atoms with Gasteiger partial charge in [-0.2, -0.15) is 0 Å². The Kier molecular flexibility index (Phi) is 8.78. The van der Waals surface area contributed by atoms with Gasteiger partial charge in [0.25, 0.3) is 0 Å². The molecule has 1 aliphatic rings. The molecule has 1 aliphatic heterocycles. The van der Waals surface area contributed by atoms with Gasteiger partial charge >= 0.3 is 11.8 Å². The van der Waals surface area contributed by atoms with Gasteiger partial charge in [0, 0.05) is 64.8 Å². The Balaban J connectivity index is 1.85. The highest BCUT2D eigenvalue weighted by molar-refractivity contribution is 6.40. The zero-order valence-corrected chi connectivity index (χ0v) is 25.6. The Bertz CT molecular complexity index is 1180. The summed E-state index contributed by atoms with van der Waals surface area (Å²) in [6.07, 6.45) is 0. The van der Waals surface area contributed by atoms with Crippen molar-refractivity contribution in [3.8, 4) is 11.3 Å². The summed E-state index contributed by atoms with van der Waals surface area (Å²) in [7, 11) is 5.60. The van der Waals surface area contributed by atoms with Crippen molar-refractivity contribution in [1.82, 2.24) is 19.7 Å². The number of amides is 2. The minimum absolute atomic E-state index is 0.193. The normalized spacial score (nSPS) is 16.0. The Morgan fingerprint density at radius 3 is 1.92 bits per heavy atom. The van der Waals surface area contributed by atoms with Crippen molar-refractivity contribution < 1.29 is 14.0 Å². The maximum absolute atomic E-state index is 13.6. The quantitative estimate of drug-likeness (QED) is 0.525. The molecule has 210 valence electrons. The molecule has 0 N–H and O–H groups in total. The summed E-state index contributed by atoms with van der Waals surface area (Å²) < 4.78 is 5.95. The molecule has 0 aliphatic carbocycles. The number of oxazole rings is 1. The van der Waals surface area contributed by atoms with Crippen LogP contribution < -0.4 is 4.90 Å². The first-order chi connectivity index (χ1) is 17.6. The lowest BCUT2D eigenvalue weighted by Crippen LogP contribution is -2.57. The van der Waals surface area contributed by atoms with E-state index in [1.807, 2.05) is 41.5 Å². The summed E-state index contributed by atoms with van der Waals surface area (Å²) in [5.41, 5.74) is 6.06. The number of carbonyl (C=O) groups excluding carboxylic acids is 2. The van der Waals surface area contributed by atoms with Crippen molar-refractivity contribution in [3.05, 3.63) is 33.8 Å². The van der Waals surface area contributed by atoms with Gasteiger partial charge in [-0.3, -0.25) is 9.59 Å². The van der Waals surface area contributed by atoms with E-state index in [4.69, 9.17) is 4.42 Å². The summed E-state index contributed by atoms with van der Waals surface area (Å²) in [4.78, 5) is 39.6. The van der Waals surface area contributed by atoms with Crippen molar-refractivity contribution in [2.45, 2.75) is 67.9 Å². The van der Waals surface area contributed by atoms with Crippen LogP contribution in [0.15, 0.2) is 4.42 Å². The molecule has 8 nitrogen and oxygen atoms in total. The number of hydrogen-bond donors (Lipinski definition) is 0. The van der Waals surface area contributed by atoms with Crippen LogP contribution in [0.5, 0.6) is 0 Å². The summed E-state index contributed by atoms with van der Waals surface area (Å²) in [5, 5.41) is 0. The van der Waals surface area contributed by atoms with Gasteiger partial charge in [0.05, 0.1) is 11.4 Å². The third kappa shape index (κ3) is 5.52. The number of aryl methyl sites for hydroxylation is 2. The minimum Gasteiger partial charge on any atom is -0.441 e. The molecular weight excluding hydrogens is 478 g/mol. The number of carbonyl (C=O) groups is 2. The van der Waals surface area contributed by atoms with E-state index in [1.54, 1.807) is 19.0 Å². The van der Waals surface area contributed by atoms with Crippen molar-refractivity contribution in [1.29, 1.82) is 0 Å². The highest BCUT2D eigenvalue weighted by atomic mass is 16.4. The molecule has 0 spiro atoms. The molecule has 1 unspecified atom stereocenters. The molecule has 38 heavy (non-hydrogen) atoms. The van der Waals surface area contributed by atoms with Crippen LogP contribution in [0.3, 0.4) is 0 Å². The molecule has 0 bridgehead atoms. The average Bonchev–Trinajstić information content (AvgIpc) is 3.19. The van der Waals surface area contributed by atoms with Gasteiger partial charge in [0.2, 0.25) is 0 Å². The molecule has 3 rings (SSSR count). The van der Waals surface area contributed by atoms with Gasteiger partial charge in [-0.15, -0.1) is 0 Å². The predicted octanol–water partition coefficient (Wildman–Crippen LogP) is 4.28. The van der Waals surface area contributed by atoms with Crippen LogP contribution in [0.25, 0.3) is 11.3 Å². The number of piperazine rings is 1. The smallest absolute Gasteiger partial charge is 0.316 e. The van der Waals surface area contributed by atoms with Crippen LogP contribution in [-0.4, -0.2) is 90.9 Å². The second kappa shape index (κ2) is 11.2. The third-order valence-electron chi connectivity index (χ3n) is 9.04. The monoisotopic (exact) mass is 525 g/mol. The fraction of sp³-hybridized carbons (Fsp3) is 0.633. The SMILES string of the molecule is Cc1nc(C)c(-c2c(C)c(C)c(N(C)C(=O)C(=O)N(C)C(C)(C)C(C)CN3CCN(C)CC3)c(C)c2C)o1. The molecule has 1 saturated heterocycles. The van der Waals surface area contributed by atoms with Crippen LogP contribution in [0.4, 0.5) is 5.69 Å². The van der Waals surface area contributed by atoms with Crippen molar-refractivity contribution in [2.75, 3.05) is 58.8 Å². The predicted molar refractivity (Wildman–Crippen MR) is 154 cm³/mol. The second-order valence-corrected chi connectivity index (χ2v) is 11.8. The van der Waals surface area contributed by atoms with Gasteiger partial charge in [0.1, 0.15) is 0 Å². The molecule has 2 heterocycles. The Morgan fingerprint density at radius 2 is 1.45 bits per heavy atom. The number of benzene rings is 1. The maximum Gasteiger partial charge on any atom is 0.316 e. The van der Waals surface area contributed by atoms with E-state index in [9.17, 15) is 9.59 Å². The summed E-state index contributed by atoms with van der Waals surface area (Å²) in [6.45, 7) is 23.2. The lowest BCUT2D eigenvalue weighted by atomic mass is 9.86. The van der Waals surface area contributed by atoms with Gasteiger partial charge in [-0.25, -0.2) is 4.98 Å². The second-order valence-electron chi connectivity index (χ2n) is 11.8. The van der Waals surface area contributed by atoms with E-state index in [0.29, 0.717) is 5.89 Å². The summed E-state index contributed by atoms with van der Waals surface area (Å²) in [6, 6.07) is 0. The summed E-state index contributed by atoms with van der Waals surface area (Å²) >= 11 is 0. The Morgan fingerprint density at radius 1 is 0.921 bits per heavy atom. The van der Waals surface area contributed by atoms with Gasteiger partial charge < -0.3 is 24.0 Å². The first kappa shape index (κ1) is 29.8. The Hall–Kier alpha value is -2.71. The van der Waals surface area contributed by atoms with Crippen molar-refractivity contribution in [3.63, 3.8) is 0 Å². The van der Waals surface area contributed by atoms with E-state index in [2.05, 4.69) is 42.6 Å². The number of likely N-dealkylation sites (N-methyl/N-ethyl adjacent to an activating group) is 3. The van der Waals surface area contributed by atoms with E-state index in [0.717, 1.165) is 77.7 Å². The first-order valence-corrected chi connectivity index (χ1v) is 13.6. The highest BCUT2D eigenvalue weighted by Gasteiger charge is 2.38. The van der Waals surface area contributed by atoms with Crippen LogP contribution in [0, 0.1) is 47.5 Å². The zero-order chi connectivity index (χ0) is 28.7. The zero-order valence-electron chi connectivity index (χ0n) is 25.6. The maximum atomic E-state index is 13.6. The van der Waals surface area contributed by atoms with Crippen molar-refractivity contribution >= 4 is 17.5 Å². The van der Waals surface area contributed by atoms with Crippen LogP contribution in [0.2, 0.25) is 0 Å². The van der Waals surface area contributed by atoms with Gasteiger partial charge in [-0.1, -0.05) is 6.92 Å². The summed E-state index contributed by atoms with van der Waals surface area (Å²) in [5.74, 6) is 0.551. The first-order valence-electron chi connectivity index (χ1n) is 13.6. The molecule has 1 aromatic heterocycles. The number of nitrogens with zero attached hydrogens (tertiary/aromatic N) is 5. The molecule has 8 heteroatoms. The van der Waals surface area contributed by atoms with E-state index < -0.39 is 17.4 Å². The molecular formula is C30H47N5O3. The number of aromatic nitrogens is 1. The van der Waals surface area contributed by atoms with Crippen LogP contribution >= 0.6 is 0 Å². The fourth-order valence-electron chi connectivity index (χ4n) is 5.52. The molecule has 2 amide bonds. The number of hydrogen-bond acceptors (Lipinski definition) is 6. The van der Waals surface area contributed by atoms with Gasteiger partial charge in [-0.05, 0) is 83.7 Å². The van der Waals surface area contributed by atoms with E-state index in [1.165, 1.54) is 4.90 Å². The van der Waals surface area contributed by atoms with E-state index in [-0.39, 0.29) is 5.92 Å². The number of anilines is 1. The molecule has 1 fully saturated rings. The van der Waals surface area contributed by atoms with Gasteiger partial charge in [0.15, 0.2) is 11.7 Å². The van der Waals surface area contributed by atoms with Crippen LogP contribution in [0.1, 0.15) is 54.6 Å². The lowest BCUT2D eigenvalue weighted by molar-refractivity contribution is -0.148. The standard InChI is InChI=1S/C30H47N5O3/c1-18(17-35-15-13-32(10)14-16-35)30(8,9)34(12)29(37)28(36)33(11)26-21(4)19(2)25(20(3)22(26)5)27-23(6)31-24(7)38-27/h18H,13-17H2,1-12H3. The molecule has 2 aromatic rings. The highest BCUT2D eigenvalue weighted by Crippen LogP contribution is 2.40. The Labute approximate surface area is 229 Å². The molecule has 0 radical (unpaired) electrons. The van der Waals surface area contributed by atoms with E-state index >= 15 is 0 Å².